The first-order chi connectivity index (χ1) is 2.81. The van der Waals surface area contributed by atoms with Crippen molar-refractivity contribution in [1.82, 2.24) is 0 Å². The highest BCUT2D eigenvalue weighted by Gasteiger charge is 1.92. The Labute approximate surface area is 36.4 Å². The van der Waals surface area contributed by atoms with Crippen molar-refractivity contribution in [2.45, 2.75) is 6.04 Å². The average molecular weight is 90.1 g/mol. The maximum absolute atomic E-state index is 8.02. The van der Waals surface area contributed by atoms with Crippen LogP contribution in [-0.2, 0) is 0 Å². The van der Waals surface area contributed by atoms with Crippen LogP contribution in [-0.4, -0.2) is 22.9 Å². The monoisotopic (exact) mass is 90.1 g/mol. The van der Waals surface area contributed by atoms with Gasteiger partial charge in [-0.3, -0.25) is 0 Å². The highest BCUT2D eigenvalue weighted by Crippen LogP contribution is 1.73. The van der Waals surface area contributed by atoms with Gasteiger partial charge in [-0.2, -0.15) is 0 Å². The van der Waals surface area contributed by atoms with Crippen LogP contribution in [0.15, 0.2) is 0 Å². The summed E-state index contributed by atoms with van der Waals surface area (Å²) in [6, 6.07) is -0.579. The zero-order valence-electron chi connectivity index (χ0n) is 3.33. The van der Waals surface area contributed by atoms with Crippen LogP contribution in [0.4, 0.5) is 0 Å². The Kier molecular flexibility index (Phi) is 3.02. The first kappa shape index (κ1) is 5.88. The smallest absolute Gasteiger partial charge is 0.0988 e. The third kappa shape index (κ3) is 2.14. The van der Waals surface area contributed by atoms with E-state index in [2.05, 4.69) is 0 Å². The molecule has 0 amide bonds. The Hall–Kier alpha value is -0.120. The molecular formula is C3H8NO2. The molecule has 1 radical (unpaired) electrons. The fourth-order valence-corrected chi connectivity index (χ4v) is 0.0471. The first-order valence-corrected chi connectivity index (χ1v) is 1.65. The molecule has 37 valence electrons. The molecule has 0 aromatic heterocycles. The van der Waals surface area contributed by atoms with Gasteiger partial charge in [-0.05, 0) is 0 Å². The second kappa shape index (κ2) is 3.08. The Morgan fingerprint density at radius 2 is 2.33 bits per heavy atom. The highest BCUT2D eigenvalue weighted by atomic mass is 16.3. The summed E-state index contributed by atoms with van der Waals surface area (Å²) in [5.41, 5.74) is 4.92. The zero-order valence-corrected chi connectivity index (χ0v) is 3.33. The number of aliphatic hydroxyl groups excluding tert-OH is 2. The standard InChI is InChI=1S/C3H8NO2/c4-3(1-5)2-6/h1,3,5-6H,2,4H2. The van der Waals surface area contributed by atoms with E-state index in [0.29, 0.717) is 0 Å². The van der Waals surface area contributed by atoms with Crippen LogP contribution < -0.4 is 5.73 Å². The molecule has 0 bridgehead atoms. The molecule has 3 heteroatoms. The van der Waals surface area contributed by atoms with E-state index in [1.54, 1.807) is 0 Å². The topological polar surface area (TPSA) is 66.5 Å². The maximum Gasteiger partial charge on any atom is 0.0988 e. The molecule has 0 saturated carbocycles. The van der Waals surface area contributed by atoms with Crippen molar-refractivity contribution in [2.75, 3.05) is 6.61 Å². The van der Waals surface area contributed by atoms with E-state index in [0.717, 1.165) is 6.61 Å². The van der Waals surface area contributed by atoms with Gasteiger partial charge in [0.05, 0.1) is 19.3 Å². The van der Waals surface area contributed by atoms with Crippen LogP contribution in [0.25, 0.3) is 0 Å². The number of rotatable bonds is 2. The summed E-state index contributed by atoms with van der Waals surface area (Å²) in [7, 11) is 0. The second-order valence-corrected chi connectivity index (χ2v) is 0.995. The van der Waals surface area contributed by atoms with E-state index in [4.69, 9.17) is 15.9 Å². The van der Waals surface area contributed by atoms with Crippen molar-refractivity contribution >= 4 is 0 Å². The average Bonchev–Trinajstić information content (AvgIpc) is 1.65. The fourth-order valence-electron chi connectivity index (χ4n) is 0.0471. The Morgan fingerprint density at radius 1 is 1.83 bits per heavy atom. The largest absolute Gasteiger partial charge is 0.395 e. The van der Waals surface area contributed by atoms with Crippen molar-refractivity contribution < 1.29 is 10.2 Å². The minimum absolute atomic E-state index is 0.198. The predicted octanol–water partition coefficient (Wildman–Crippen LogP) is -1.16. The molecule has 0 aromatic rings. The van der Waals surface area contributed by atoms with Gasteiger partial charge in [-0.15, -0.1) is 0 Å². The maximum atomic E-state index is 8.02. The molecule has 0 aliphatic heterocycles. The summed E-state index contributed by atoms with van der Waals surface area (Å²) in [5, 5.41) is 15.9. The SMILES string of the molecule is NC([CH]O)CO. The molecule has 1 atom stereocenters. The Bertz CT molecular complexity index is 28.0. The molecular weight excluding hydrogens is 82.0 g/mol. The van der Waals surface area contributed by atoms with E-state index >= 15 is 0 Å². The summed E-state index contributed by atoms with van der Waals surface area (Å²) in [6.07, 6.45) is 0. The lowest BCUT2D eigenvalue weighted by molar-refractivity contribution is 0.238. The summed E-state index contributed by atoms with van der Waals surface area (Å²) >= 11 is 0. The van der Waals surface area contributed by atoms with Gasteiger partial charge >= 0.3 is 0 Å². The van der Waals surface area contributed by atoms with Crippen molar-refractivity contribution in [3.8, 4) is 0 Å². The number of aliphatic hydroxyl groups is 2. The van der Waals surface area contributed by atoms with Crippen LogP contribution in [0.1, 0.15) is 0 Å². The molecule has 0 aliphatic carbocycles. The van der Waals surface area contributed by atoms with Crippen molar-refractivity contribution in [3.63, 3.8) is 0 Å². The molecule has 0 aromatic carbocycles. The molecule has 3 nitrogen and oxygen atoms in total. The Morgan fingerprint density at radius 3 is 2.33 bits per heavy atom. The quantitative estimate of drug-likeness (QED) is 0.400. The van der Waals surface area contributed by atoms with E-state index in [-0.39, 0.29) is 6.61 Å². The van der Waals surface area contributed by atoms with Gasteiger partial charge in [-0.25, -0.2) is 0 Å². The lowest BCUT2D eigenvalue weighted by atomic mass is 10.4. The normalized spacial score (nSPS) is 10.0. The fraction of sp³-hybridized carbons (Fsp3) is 0.667. The van der Waals surface area contributed by atoms with Gasteiger partial charge in [-0.1, -0.05) is 0 Å². The van der Waals surface area contributed by atoms with E-state index < -0.39 is 6.04 Å². The van der Waals surface area contributed by atoms with Gasteiger partial charge in [0.2, 0.25) is 0 Å². The molecule has 0 aliphatic rings. The van der Waals surface area contributed by atoms with E-state index in [1.807, 2.05) is 0 Å². The first-order valence-electron chi connectivity index (χ1n) is 1.65. The van der Waals surface area contributed by atoms with Gasteiger partial charge < -0.3 is 15.9 Å². The van der Waals surface area contributed by atoms with Crippen LogP contribution in [0.2, 0.25) is 0 Å². The summed E-state index contributed by atoms with van der Waals surface area (Å²) in [4.78, 5) is 0. The van der Waals surface area contributed by atoms with Crippen molar-refractivity contribution in [3.05, 3.63) is 6.61 Å². The molecule has 0 spiro atoms. The van der Waals surface area contributed by atoms with Crippen LogP contribution in [0.3, 0.4) is 0 Å². The summed E-state index contributed by atoms with van der Waals surface area (Å²) in [6.45, 7) is 0.552. The van der Waals surface area contributed by atoms with Gasteiger partial charge in [0.1, 0.15) is 0 Å². The molecule has 0 rings (SSSR count). The van der Waals surface area contributed by atoms with Crippen molar-refractivity contribution in [2.24, 2.45) is 5.73 Å². The predicted molar refractivity (Wildman–Crippen MR) is 21.3 cm³/mol. The third-order valence-electron chi connectivity index (χ3n) is 0.402. The highest BCUT2D eigenvalue weighted by molar-refractivity contribution is 4.65. The van der Waals surface area contributed by atoms with Crippen molar-refractivity contribution in [1.29, 1.82) is 0 Å². The zero-order chi connectivity index (χ0) is 4.99. The number of nitrogens with two attached hydrogens (primary N) is 1. The summed E-state index contributed by atoms with van der Waals surface area (Å²) in [5.74, 6) is 0. The molecule has 0 heterocycles. The van der Waals surface area contributed by atoms with Gasteiger partial charge in [0, 0.05) is 0 Å². The molecule has 6 heavy (non-hydrogen) atoms. The molecule has 0 saturated heterocycles. The third-order valence-corrected chi connectivity index (χ3v) is 0.402. The van der Waals surface area contributed by atoms with Crippen LogP contribution in [0.5, 0.6) is 0 Å². The minimum Gasteiger partial charge on any atom is -0.395 e. The van der Waals surface area contributed by atoms with Crippen LogP contribution >= 0.6 is 0 Å². The minimum atomic E-state index is -0.579. The lowest BCUT2D eigenvalue weighted by Gasteiger charge is -1.97. The Balaban J connectivity index is 2.75. The van der Waals surface area contributed by atoms with Gasteiger partial charge in [0.25, 0.3) is 0 Å². The van der Waals surface area contributed by atoms with E-state index in [9.17, 15) is 0 Å². The molecule has 1 unspecified atom stereocenters. The number of hydrogen-bond acceptors (Lipinski definition) is 3. The lowest BCUT2D eigenvalue weighted by Crippen LogP contribution is -2.24. The second-order valence-electron chi connectivity index (χ2n) is 0.995. The van der Waals surface area contributed by atoms with Crippen LogP contribution in [0, 0.1) is 6.61 Å². The molecule has 0 fully saturated rings. The molecule has 4 N–H and O–H groups in total. The van der Waals surface area contributed by atoms with E-state index in [1.165, 1.54) is 0 Å². The number of hydrogen-bond donors (Lipinski definition) is 3. The van der Waals surface area contributed by atoms with Gasteiger partial charge in [0.15, 0.2) is 0 Å². The summed E-state index contributed by atoms with van der Waals surface area (Å²) < 4.78 is 0.